The Kier molecular flexibility index (Phi) is 4.72. The van der Waals surface area contributed by atoms with Gasteiger partial charge in [0.05, 0.1) is 18.4 Å². The minimum absolute atomic E-state index is 0.0646. The van der Waals surface area contributed by atoms with E-state index in [1.807, 2.05) is 18.4 Å². The number of hydrogen-bond acceptors (Lipinski definition) is 6. The van der Waals surface area contributed by atoms with Gasteiger partial charge in [-0.1, -0.05) is 6.92 Å². The number of nitrogens with one attached hydrogen (secondary N) is 1. The second-order valence-corrected chi connectivity index (χ2v) is 5.72. The van der Waals surface area contributed by atoms with Crippen molar-refractivity contribution in [3.63, 3.8) is 0 Å². The molecular weight excluding hydrogens is 312 g/mol. The third-order valence-electron chi connectivity index (χ3n) is 3.31. The highest BCUT2D eigenvalue weighted by atomic mass is 32.1. The van der Waals surface area contributed by atoms with Gasteiger partial charge in [-0.25, -0.2) is 4.98 Å². The molecule has 0 spiro atoms. The first-order chi connectivity index (χ1) is 11.3. The molecule has 3 heterocycles. The van der Waals surface area contributed by atoms with E-state index in [1.54, 1.807) is 35.7 Å². The Morgan fingerprint density at radius 2 is 2.30 bits per heavy atom. The zero-order valence-electron chi connectivity index (χ0n) is 12.6. The predicted octanol–water partition coefficient (Wildman–Crippen LogP) is 2.06. The fraction of sp³-hybridized carbons (Fsp3) is 0.267. The number of carbonyl (C=O) groups is 1. The van der Waals surface area contributed by atoms with Crippen LogP contribution in [0.4, 0.5) is 0 Å². The van der Waals surface area contributed by atoms with E-state index in [0.717, 1.165) is 16.4 Å². The first kappa shape index (κ1) is 15.3. The number of rotatable bonds is 6. The molecule has 23 heavy (non-hydrogen) atoms. The summed E-state index contributed by atoms with van der Waals surface area (Å²) in [6, 6.07) is 1.51. The molecule has 1 atom stereocenters. The minimum Gasteiger partial charge on any atom is -0.349 e. The van der Waals surface area contributed by atoms with Gasteiger partial charge in [0.25, 0.3) is 0 Å². The average Bonchev–Trinajstić information content (AvgIpc) is 3.26. The van der Waals surface area contributed by atoms with Gasteiger partial charge >= 0.3 is 0 Å². The van der Waals surface area contributed by atoms with Crippen LogP contribution in [-0.4, -0.2) is 30.6 Å². The van der Waals surface area contributed by atoms with Gasteiger partial charge in [0.2, 0.25) is 5.91 Å². The van der Waals surface area contributed by atoms with Crippen LogP contribution >= 0.6 is 11.3 Å². The normalized spacial score (nSPS) is 12.0. The third-order valence-corrected chi connectivity index (χ3v) is 4.22. The maximum absolute atomic E-state index is 12.3. The van der Waals surface area contributed by atoms with Crippen LogP contribution in [0.15, 0.2) is 42.4 Å². The monoisotopic (exact) mass is 328 g/mol. The van der Waals surface area contributed by atoms with E-state index in [-0.39, 0.29) is 11.9 Å². The van der Waals surface area contributed by atoms with Crippen LogP contribution in [-0.2, 0) is 11.3 Å². The molecule has 0 aliphatic heterocycles. The Balaban J connectivity index is 1.62. The van der Waals surface area contributed by atoms with E-state index in [1.165, 1.54) is 11.3 Å². The fourth-order valence-corrected chi connectivity index (χ4v) is 2.95. The Bertz CT molecular complexity index is 755. The first-order valence-electron chi connectivity index (χ1n) is 7.25. The summed E-state index contributed by atoms with van der Waals surface area (Å²) in [6.07, 6.45) is 9.07. The van der Waals surface area contributed by atoms with Crippen molar-refractivity contribution in [3.05, 3.63) is 48.1 Å². The lowest BCUT2D eigenvalue weighted by molar-refractivity contribution is -0.124. The van der Waals surface area contributed by atoms with Gasteiger partial charge in [0, 0.05) is 30.2 Å². The summed E-state index contributed by atoms with van der Waals surface area (Å²) in [6.45, 7) is 2.34. The Morgan fingerprint density at radius 1 is 1.39 bits per heavy atom. The van der Waals surface area contributed by atoms with Crippen LogP contribution in [0.5, 0.6) is 0 Å². The molecule has 0 saturated heterocycles. The molecule has 0 aromatic carbocycles. The molecule has 118 valence electrons. The zero-order chi connectivity index (χ0) is 16.1. The summed E-state index contributed by atoms with van der Waals surface area (Å²) in [5.74, 6) is -0.0646. The summed E-state index contributed by atoms with van der Waals surface area (Å²) in [4.78, 5) is 25.0. The lowest BCUT2D eigenvalue weighted by Gasteiger charge is -2.14. The summed E-state index contributed by atoms with van der Waals surface area (Å²) in [5, 5.41) is 9.75. The minimum atomic E-state index is -0.303. The molecule has 0 fully saturated rings. The van der Waals surface area contributed by atoms with Crippen LogP contribution in [0.1, 0.15) is 25.1 Å². The molecule has 1 N–H and O–H groups in total. The molecule has 0 saturated carbocycles. The second kappa shape index (κ2) is 7.10. The number of thiazole rings is 1. The molecule has 0 aliphatic carbocycles. The van der Waals surface area contributed by atoms with Gasteiger partial charge in [-0.2, -0.15) is 5.10 Å². The van der Waals surface area contributed by atoms with Gasteiger partial charge in [-0.05, 0) is 12.5 Å². The van der Waals surface area contributed by atoms with Gasteiger partial charge < -0.3 is 5.32 Å². The van der Waals surface area contributed by atoms with Crippen LogP contribution in [0.25, 0.3) is 10.7 Å². The maximum Gasteiger partial charge on any atom is 0.245 e. The summed E-state index contributed by atoms with van der Waals surface area (Å²) in [5.41, 5.74) is 1.54. The molecule has 0 aliphatic rings. The van der Waals surface area contributed by atoms with Crippen LogP contribution in [0.2, 0.25) is 0 Å². The number of hydrogen-bond donors (Lipinski definition) is 1. The molecule has 0 bridgehead atoms. The molecule has 1 unspecified atom stereocenters. The SMILES string of the molecule is CCC(C(=O)NCc1csc(-c2cnccn2)n1)n1cccn1. The van der Waals surface area contributed by atoms with E-state index >= 15 is 0 Å². The van der Waals surface area contributed by atoms with E-state index in [0.29, 0.717) is 13.0 Å². The molecule has 1 amide bonds. The van der Waals surface area contributed by atoms with Gasteiger partial charge in [-0.15, -0.1) is 11.3 Å². The van der Waals surface area contributed by atoms with E-state index in [4.69, 9.17) is 0 Å². The van der Waals surface area contributed by atoms with Crippen molar-refractivity contribution in [3.8, 4) is 10.7 Å². The fourth-order valence-electron chi connectivity index (χ4n) is 2.17. The van der Waals surface area contributed by atoms with Crippen molar-refractivity contribution in [2.45, 2.75) is 25.9 Å². The lowest BCUT2D eigenvalue weighted by Crippen LogP contribution is -2.32. The highest BCUT2D eigenvalue weighted by Gasteiger charge is 2.18. The highest BCUT2D eigenvalue weighted by molar-refractivity contribution is 7.13. The number of carbonyl (C=O) groups excluding carboxylic acids is 1. The summed E-state index contributed by atoms with van der Waals surface area (Å²) < 4.78 is 1.67. The molecule has 8 heteroatoms. The maximum atomic E-state index is 12.3. The van der Waals surface area contributed by atoms with E-state index in [2.05, 4.69) is 25.4 Å². The average molecular weight is 328 g/mol. The standard InChI is InChI=1S/C15H16N6OS/c1-2-13(21-7-3-4-19-21)14(22)18-8-11-10-23-15(20-11)12-9-16-5-6-17-12/h3-7,9-10,13H,2,8H2,1H3,(H,18,22). The van der Waals surface area contributed by atoms with Crippen LogP contribution < -0.4 is 5.32 Å². The topological polar surface area (TPSA) is 85.6 Å². The molecule has 3 aromatic rings. The Labute approximate surface area is 137 Å². The molecule has 3 rings (SSSR count). The second-order valence-electron chi connectivity index (χ2n) is 4.86. The predicted molar refractivity (Wildman–Crippen MR) is 86.5 cm³/mol. The van der Waals surface area contributed by atoms with E-state index < -0.39 is 0 Å². The first-order valence-corrected chi connectivity index (χ1v) is 8.13. The Morgan fingerprint density at radius 3 is 3.00 bits per heavy atom. The summed E-state index contributed by atoms with van der Waals surface area (Å²) in [7, 11) is 0. The van der Waals surface area contributed by atoms with Gasteiger partial charge in [-0.3, -0.25) is 19.4 Å². The van der Waals surface area contributed by atoms with E-state index in [9.17, 15) is 4.79 Å². The van der Waals surface area contributed by atoms with Crippen molar-refractivity contribution >= 4 is 17.2 Å². The smallest absolute Gasteiger partial charge is 0.245 e. The quantitative estimate of drug-likeness (QED) is 0.748. The highest BCUT2D eigenvalue weighted by Crippen LogP contribution is 2.20. The van der Waals surface area contributed by atoms with Crippen LogP contribution in [0, 0.1) is 0 Å². The number of amides is 1. The van der Waals surface area contributed by atoms with Crippen molar-refractivity contribution in [1.82, 2.24) is 30.0 Å². The van der Waals surface area contributed by atoms with Gasteiger partial charge in [0.1, 0.15) is 16.7 Å². The van der Waals surface area contributed by atoms with Crippen molar-refractivity contribution in [1.29, 1.82) is 0 Å². The van der Waals surface area contributed by atoms with Crippen molar-refractivity contribution in [2.24, 2.45) is 0 Å². The number of aromatic nitrogens is 5. The molecule has 3 aromatic heterocycles. The van der Waals surface area contributed by atoms with Gasteiger partial charge in [0.15, 0.2) is 0 Å². The number of nitrogens with zero attached hydrogens (tertiary/aromatic N) is 5. The third kappa shape index (κ3) is 3.59. The zero-order valence-corrected chi connectivity index (χ0v) is 13.4. The Hall–Kier alpha value is -2.61. The summed E-state index contributed by atoms with van der Waals surface area (Å²) >= 11 is 1.48. The molecule has 7 nitrogen and oxygen atoms in total. The molecular formula is C15H16N6OS. The lowest BCUT2D eigenvalue weighted by atomic mass is 10.2. The largest absolute Gasteiger partial charge is 0.349 e. The van der Waals surface area contributed by atoms with Crippen molar-refractivity contribution < 1.29 is 4.79 Å². The van der Waals surface area contributed by atoms with Crippen LogP contribution in [0.3, 0.4) is 0 Å². The van der Waals surface area contributed by atoms with Crippen molar-refractivity contribution in [2.75, 3.05) is 0 Å². The molecule has 0 radical (unpaired) electrons.